The fourth-order valence-electron chi connectivity index (χ4n) is 4.66. The van der Waals surface area contributed by atoms with E-state index in [1.165, 1.54) is 17.2 Å². The molecule has 3 aromatic rings. The summed E-state index contributed by atoms with van der Waals surface area (Å²) >= 11 is 6.07. The lowest BCUT2D eigenvalue weighted by Crippen LogP contribution is -2.40. The summed E-state index contributed by atoms with van der Waals surface area (Å²) < 4.78 is 38.7. The molecule has 0 aromatic carbocycles. The SMILES string of the molecule is Cc1ccc(C(=O)N2C3CCC2C(Nc2ncc(C(F)(F)F)cc2Cl)C3)c(-n2nccn2)n1. The van der Waals surface area contributed by atoms with Crippen LogP contribution in [0.1, 0.15) is 40.9 Å². The summed E-state index contributed by atoms with van der Waals surface area (Å²) in [4.78, 5) is 25.1. The lowest BCUT2D eigenvalue weighted by molar-refractivity contribution is -0.137. The minimum Gasteiger partial charge on any atom is -0.364 e. The van der Waals surface area contributed by atoms with Crippen molar-refractivity contribution >= 4 is 23.3 Å². The van der Waals surface area contributed by atoms with E-state index in [4.69, 9.17) is 11.6 Å². The highest BCUT2D eigenvalue weighted by Gasteiger charge is 2.49. The van der Waals surface area contributed by atoms with E-state index in [0.29, 0.717) is 17.8 Å². The number of fused-ring (bicyclic) bond motifs is 2. The number of carbonyl (C=O) groups is 1. The molecule has 2 fully saturated rings. The fraction of sp³-hybridized carbons (Fsp3) is 0.381. The average Bonchev–Trinajstić information content (AvgIpc) is 3.50. The molecule has 2 saturated heterocycles. The second kappa shape index (κ2) is 7.98. The summed E-state index contributed by atoms with van der Waals surface area (Å²) in [5, 5.41) is 11.3. The molecule has 5 rings (SSSR count). The summed E-state index contributed by atoms with van der Waals surface area (Å²) in [6.07, 6.45) is 1.51. The molecule has 1 N–H and O–H groups in total. The van der Waals surface area contributed by atoms with Gasteiger partial charge in [0.25, 0.3) is 5.91 Å². The van der Waals surface area contributed by atoms with Crippen LogP contribution in [0.5, 0.6) is 0 Å². The lowest BCUT2D eigenvalue weighted by Gasteiger charge is -2.26. The Kier molecular flexibility index (Phi) is 5.23. The molecule has 1 amide bonds. The van der Waals surface area contributed by atoms with Gasteiger partial charge in [0.05, 0.1) is 34.6 Å². The van der Waals surface area contributed by atoms with Gasteiger partial charge in [-0.3, -0.25) is 4.79 Å². The molecule has 2 aliphatic rings. The molecule has 0 saturated carbocycles. The normalized spacial score (nSPS) is 22.1. The maximum Gasteiger partial charge on any atom is 0.417 e. The van der Waals surface area contributed by atoms with Crippen LogP contribution in [-0.4, -0.2) is 53.9 Å². The van der Waals surface area contributed by atoms with E-state index >= 15 is 0 Å². The Bertz CT molecular complexity index is 1200. The smallest absolute Gasteiger partial charge is 0.364 e. The number of aromatic nitrogens is 5. The van der Waals surface area contributed by atoms with Crippen LogP contribution in [0, 0.1) is 6.92 Å². The van der Waals surface area contributed by atoms with E-state index in [-0.39, 0.29) is 34.9 Å². The number of alkyl halides is 3. The second-order valence-electron chi connectivity index (χ2n) is 8.19. The third-order valence-corrected chi connectivity index (χ3v) is 6.40. The van der Waals surface area contributed by atoms with Crippen LogP contribution < -0.4 is 5.32 Å². The molecule has 3 unspecified atom stereocenters. The van der Waals surface area contributed by atoms with Gasteiger partial charge in [-0.05, 0) is 44.4 Å². The minimum absolute atomic E-state index is 0.00652. The predicted molar refractivity (Wildman–Crippen MR) is 113 cm³/mol. The molecular weight excluding hydrogens is 459 g/mol. The average molecular weight is 478 g/mol. The molecule has 0 aliphatic carbocycles. The van der Waals surface area contributed by atoms with Crippen molar-refractivity contribution in [3.8, 4) is 5.82 Å². The number of pyridine rings is 2. The molecule has 8 nitrogen and oxygen atoms in total. The Morgan fingerprint density at radius 3 is 2.67 bits per heavy atom. The number of nitrogens with one attached hydrogen (secondary N) is 1. The van der Waals surface area contributed by atoms with Gasteiger partial charge in [-0.25, -0.2) is 9.97 Å². The summed E-state index contributed by atoms with van der Waals surface area (Å²) in [7, 11) is 0. The molecule has 5 heterocycles. The first-order valence-electron chi connectivity index (χ1n) is 10.4. The molecule has 2 aliphatic heterocycles. The molecule has 2 bridgehead atoms. The zero-order valence-corrected chi connectivity index (χ0v) is 18.2. The number of nitrogens with zero attached hydrogens (tertiary/aromatic N) is 6. The summed E-state index contributed by atoms with van der Waals surface area (Å²) in [6, 6.07) is 4.00. The number of carbonyl (C=O) groups excluding carboxylic acids is 1. The zero-order valence-electron chi connectivity index (χ0n) is 17.4. The largest absolute Gasteiger partial charge is 0.417 e. The predicted octanol–water partition coefficient (Wildman–Crippen LogP) is 3.90. The molecule has 172 valence electrons. The van der Waals surface area contributed by atoms with Crippen LogP contribution in [0.2, 0.25) is 5.02 Å². The third kappa shape index (κ3) is 3.90. The first-order chi connectivity index (χ1) is 15.7. The number of amides is 1. The van der Waals surface area contributed by atoms with E-state index in [2.05, 4.69) is 25.5 Å². The van der Waals surface area contributed by atoms with Gasteiger partial charge in [0.15, 0.2) is 5.82 Å². The van der Waals surface area contributed by atoms with Crippen LogP contribution in [0.4, 0.5) is 19.0 Å². The molecule has 12 heteroatoms. The summed E-state index contributed by atoms with van der Waals surface area (Å²) in [6.45, 7) is 1.82. The van der Waals surface area contributed by atoms with Crippen molar-refractivity contribution in [1.29, 1.82) is 0 Å². The Morgan fingerprint density at radius 1 is 1.21 bits per heavy atom. The highest BCUT2D eigenvalue weighted by atomic mass is 35.5. The molecule has 33 heavy (non-hydrogen) atoms. The lowest BCUT2D eigenvalue weighted by atomic mass is 9.95. The first kappa shape index (κ1) is 21.6. The van der Waals surface area contributed by atoms with Crippen LogP contribution in [0.3, 0.4) is 0 Å². The number of aryl methyl sites for hydroxylation is 1. The van der Waals surface area contributed by atoms with Crippen LogP contribution in [0.25, 0.3) is 5.82 Å². The number of hydrogen-bond acceptors (Lipinski definition) is 6. The van der Waals surface area contributed by atoms with Crippen molar-refractivity contribution in [2.45, 2.75) is 50.5 Å². The molecule has 0 spiro atoms. The Morgan fingerprint density at radius 2 is 1.97 bits per heavy atom. The van der Waals surface area contributed by atoms with Gasteiger partial charge in [0.2, 0.25) is 0 Å². The van der Waals surface area contributed by atoms with Crippen LogP contribution >= 0.6 is 11.6 Å². The first-order valence-corrected chi connectivity index (χ1v) is 10.8. The number of anilines is 1. The zero-order chi connectivity index (χ0) is 23.3. The van der Waals surface area contributed by atoms with E-state index in [0.717, 1.165) is 30.8 Å². The third-order valence-electron chi connectivity index (χ3n) is 6.11. The van der Waals surface area contributed by atoms with Crippen molar-refractivity contribution in [3.63, 3.8) is 0 Å². The van der Waals surface area contributed by atoms with Crippen molar-refractivity contribution in [2.75, 3.05) is 5.32 Å². The van der Waals surface area contributed by atoms with Gasteiger partial charge < -0.3 is 10.2 Å². The minimum atomic E-state index is -4.52. The summed E-state index contributed by atoms with van der Waals surface area (Å²) in [5.74, 6) is 0.347. The van der Waals surface area contributed by atoms with E-state index in [1.54, 1.807) is 12.1 Å². The Hall–Kier alpha value is -3.21. The topological polar surface area (TPSA) is 88.8 Å². The monoisotopic (exact) mass is 477 g/mol. The van der Waals surface area contributed by atoms with Gasteiger partial charge in [0, 0.05) is 24.0 Å². The van der Waals surface area contributed by atoms with Gasteiger partial charge in [0.1, 0.15) is 5.82 Å². The number of hydrogen-bond donors (Lipinski definition) is 1. The molecule has 3 atom stereocenters. The van der Waals surface area contributed by atoms with Gasteiger partial charge in [-0.1, -0.05) is 11.6 Å². The van der Waals surface area contributed by atoms with Crippen molar-refractivity contribution in [3.05, 3.63) is 58.6 Å². The van der Waals surface area contributed by atoms with Gasteiger partial charge in [-0.2, -0.15) is 23.4 Å². The van der Waals surface area contributed by atoms with Crippen molar-refractivity contribution in [1.82, 2.24) is 29.9 Å². The number of rotatable bonds is 4. The Labute approximate surface area is 191 Å². The summed E-state index contributed by atoms with van der Waals surface area (Å²) in [5.41, 5.74) is 0.209. The maximum absolute atomic E-state index is 13.6. The van der Waals surface area contributed by atoms with Crippen LogP contribution in [0.15, 0.2) is 36.8 Å². The molecule has 3 aromatic heterocycles. The van der Waals surface area contributed by atoms with E-state index in [9.17, 15) is 18.0 Å². The highest BCUT2D eigenvalue weighted by Crippen LogP contribution is 2.41. The van der Waals surface area contributed by atoms with Crippen LogP contribution in [-0.2, 0) is 6.18 Å². The molecular formula is C21H19ClF3N7O. The molecule has 0 radical (unpaired) electrons. The van der Waals surface area contributed by atoms with Crippen molar-refractivity contribution < 1.29 is 18.0 Å². The number of halogens is 4. The maximum atomic E-state index is 13.6. The van der Waals surface area contributed by atoms with Gasteiger partial charge in [-0.15, -0.1) is 4.80 Å². The fourth-order valence-corrected chi connectivity index (χ4v) is 4.88. The second-order valence-corrected chi connectivity index (χ2v) is 8.60. The van der Waals surface area contributed by atoms with Gasteiger partial charge >= 0.3 is 6.18 Å². The standard InChI is InChI=1S/C21H19ClF3N7O/c1-11-2-4-14(19(29-11)32-27-6-7-28-32)20(33)31-13-3-5-17(31)16(9-13)30-18-15(22)8-12(10-26-18)21(23,24)25/h2,4,6-8,10,13,16-17H,3,5,9H2,1H3,(H,26,30). The van der Waals surface area contributed by atoms with E-state index in [1.807, 2.05) is 11.8 Å². The quantitative estimate of drug-likeness (QED) is 0.613. The highest BCUT2D eigenvalue weighted by molar-refractivity contribution is 6.33. The van der Waals surface area contributed by atoms with E-state index < -0.39 is 11.7 Å². The Balaban J connectivity index is 1.39. The van der Waals surface area contributed by atoms with Crippen molar-refractivity contribution in [2.24, 2.45) is 0 Å².